The van der Waals surface area contributed by atoms with Crippen LogP contribution in [0.2, 0.25) is 0 Å². The Morgan fingerprint density at radius 3 is 1.43 bits per heavy atom. The number of carboxylic acid groups (broad SMARTS) is 1. The fourth-order valence-corrected chi connectivity index (χ4v) is 12.9. The summed E-state index contributed by atoms with van der Waals surface area (Å²) in [6, 6.07) is -2.62. The number of aliphatic carboxylic acids is 1. The van der Waals surface area contributed by atoms with Crippen molar-refractivity contribution in [3.05, 3.63) is 24.3 Å². The molecule has 23 heteroatoms. The van der Waals surface area contributed by atoms with Crippen molar-refractivity contribution in [3.8, 4) is 0 Å². The minimum atomic E-state index is -3.08. The second-order valence-electron chi connectivity index (χ2n) is 27.2. The highest BCUT2D eigenvalue weighted by molar-refractivity contribution is 5.77. The number of aliphatic hydroxyl groups is 11. The van der Waals surface area contributed by atoms with E-state index >= 15 is 0 Å². The molecule has 3 rings (SSSR count). The van der Waals surface area contributed by atoms with Crippen LogP contribution in [-0.2, 0) is 42.8 Å². The lowest BCUT2D eigenvalue weighted by Gasteiger charge is -2.50. The highest BCUT2D eigenvalue weighted by Crippen LogP contribution is 2.39. The molecule has 95 heavy (non-hydrogen) atoms. The number of carboxylic acids is 1. The molecule has 0 aliphatic carbocycles. The Kier molecular flexibility index (Phi) is 47.5. The number of hydrogen-bond donors (Lipinski definition) is 14. The molecule has 0 bridgehead atoms. The van der Waals surface area contributed by atoms with Crippen molar-refractivity contribution >= 4 is 17.8 Å². The molecule has 0 aromatic carbocycles. The van der Waals surface area contributed by atoms with Crippen molar-refractivity contribution in [2.24, 2.45) is 0 Å². The van der Waals surface area contributed by atoms with Crippen LogP contribution < -0.4 is 10.6 Å². The predicted molar refractivity (Wildman–Crippen MR) is 361 cm³/mol. The highest BCUT2D eigenvalue weighted by Gasteiger charge is 2.60. The van der Waals surface area contributed by atoms with E-state index in [1.807, 2.05) is 6.08 Å². The lowest BCUT2D eigenvalue weighted by Crippen LogP contribution is -2.70. The maximum absolute atomic E-state index is 13.5. The van der Waals surface area contributed by atoms with E-state index in [2.05, 4.69) is 36.6 Å². The Hall–Kier alpha value is -2.79. The van der Waals surface area contributed by atoms with Crippen molar-refractivity contribution in [2.75, 3.05) is 26.4 Å². The molecule has 3 aliphatic rings. The first-order chi connectivity index (χ1) is 45.9. The first kappa shape index (κ1) is 86.4. The second-order valence-corrected chi connectivity index (χ2v) is 27.2. The van der Waals surface area contributed by atoms with E-state index in [-0.39, 0.29) is 12.3 Å². The molecule has 3 aliphatic heterocycles. The standard InChI is InChI=1S/C72H132N2O21/c1-4-6-8-10-12-14-16-18-20-22-24-26-28-30-32-34-36-38-40-42-44-46-59(82)74-53(54(79)45-43-41-39-37-35-33-31-29-27-25-23-21-19-17-15-13-11-9-7-5-2)51-90-69-64(86)63(85)66(58(50-77)92-69)93-70-65(87)68(62(84)57(49-76)91-70)95-72(71(88)89)47-55(80)60(73-52(3)78)67(94-72)61(83)56(81)48-75/h26,28,43,45,53-58,60-70,75-77,79-81,83-87H,4-25,27,29-42,44,46-51H2,1-3H3,(H,73,78)(H,74,82)(H,88,89)/b28-26-,45-43+. The van der Waals surface area contributed by atoms with E-state index < -0.39 is 155 Å². The lowest BCUT2D eigenvalue weighted by atomic mass is 9.88. The van der Waals surface area contributed by atoms with Gasteiger partial charge in [-0.15, -0.1) is 0 Å². The SMILES string of the molecule is CCCCCCCCCCCC/C=C\CCCCCCCCCC(=O)NC(COC1OC(CO)C(OC2OC(CO)C(O)C(OC3(C(=O)O)CC(O)C(NC(C)=O)C(C(O)C(O)CO)O3)C2O)C(O)C1O)C(O)/C=C/CCCCCCCCCCCCCCCCCCCC. The smallest absolute Gasteiger partial charge is 0.364 e. The number of carbonyl (C=O) groups excluding carboxylic acids is 2. The van der Waals surface area contributed by atoms with Gasteiger partial charge < -0.3 is 100 Å². The molecule has 18 unspecified atom stereocenters. The predicted octanol–water partition coefficient (Wildman–Crippen LogP) is 8.01. The van der Waals surface area contributed by atoms with E-state index in [1.165, 1.54) is 161 Å². The van der Waals surface area contributed by atoms with Crippen molar-refractivity contribution in [2.45, 2.75) is 387 Å². The number of rotatable bonds is 57. The minimum absolute atomic E-state index is 0.196. The van der Waals surface area contributed by atoms with Crippen molar-refractivity contribution in [1.82, 2.24) is 10.6 Å². The van der Waals surface area contributed by atoms with Gasteiger partial charge in [0.1, 0.15) is 67.1 Å². The molecule has 18 atom stereocenters. The molecule has 14 N–H and O–H groups in total. The molecule has 3 fully saturated rings. The molecule has 0 saturated carbocycles. The Balaban J connectivity index is 1.58. The summed E-state index contributed by atoms with van der Waals surface area (Å²) in [6.07, 6.45) is 24.9. The van der Waals surface area contributed by atoms with Crippen LogP contribution in [0, 0.1) is 0 Å². The van der Waals surface area contributed by atoms with Gasteiger partial charge >= 0.3 is 5.97 Å². The largest absolute Gasteiger partial charge is 0.477 e. The fourth-order valence-electron chi connectivity index (χ4n) is 12.9. The zero-order valence-electron chi connectivity index (χ0n) is 58.3. The molecular weight excluding hydrogens is 1230 g/mol. The summed E-state index contributed by atoms with van der Waals surface area (Å²) in [5.41, 5.74) is 0. The molecule has 3 heterocycles. The van der Waals surface area contributed by atoms with E-state index in [1.54, 1.807) is 6.08 Å². The van der Waals surface area contributed by atoms with Crippen LogP contribution in [0.5, 0.6) is 0 Å². The average molecular weight is 1360 g/mol. The van der Waals surface area contributed by atoms with Gasteiger partial charge in [-0.2, -0.15) is 0 Å². The van der Waals surface area contributed by atoms with Crippen molar-refractivity contribution < 1.29 is 104 Å². The molecular formula is C72H132N2O21. The van der Waals surface area contributed by atoms with Crippen LogP contribution in [0.25, 0.3) is 0 Å². The molecule has 3 saturated heterocycles. The van der Waals surface area contributed by atoms with Gasteiger partial charge in [-0.1, -0.05) is 237 Å². The van der Waals surface area contributed by atoms with Crippen LogP contribution >= 0.6 is 0 Å². The monoisotopic (exact) mass is 1360 g/mol. The second kappa shape index (κ2) is 52.2. The van der Waals surface area contributed by atoms with Crippen molar-refractivity contribution in [1.29, 1.82) is 0 Å². The highest BCUT2D eigenvalue weighted by atomic mass is 16.8. The molecule has 2 amide bonds. The van der Waals surface area contributed by atoms with Gasteiger partial charge in [-0.25, -0.2) is 4.79 Å². The normalized spacial score (nSPS) is 27.8. The molecule has 0 aromatic rings. The van der Waals surface area contributed by atoms with Crippen LogP contribution in [0.3, 0.4) is 0 Å². The Bertz CT molecular complexity index is 2010. The molecule has 0 spiro atoms. The number of unbranched alkanes of at least 4 members (excludes halogenated alkanes) is 35. The van der Waals surface area contributed by atoms with Crippen molar-refractivity contribution in [3.63, 3.8) is 0 Å². The Labute approximate surface area is 568 Å². The topological polar surface area (TPSA) is 373 Å². The fraction of sp³-hybridized carbons (Fsp3) is 0.903. The first-order valence-electron chi connectivity index (χ1n) is 37.2. The minimum Gasteiger partial charge on any atom is -0.477 e. The number of nitrogens with one attached hydrogen (secondary N) is 2. The summed E-state index contributed by atoms with van der Waals surface area (Å²) in [5.74, 6) is -6.14. The summed E-state index contributed by atoms with van der Waals surface area (Å²) in [5, 5.41) is 136. The number of aliphatic hydroxyl groups excluding tert-OH is 11. The van der Waals surface area contributed by atoms with E-state index in [9.17, 15) is 75.7 Å². The number of allylic oxidation sites excluding steroid dienone is 3. The third-order valence-corrected chi connectivity index (χ3v) is 18.9. The maximum atomic E-state index is 13.5. The van der Waals surface area contributed by atoms with Crippen LogP contribution in [0.4, 0.5) is 0 Å². The zero-order valence-corrected chi connectivity index (χ0v) is 58.3. The van der Waals surface area contributed by atoms with Gasteiger partial charge in [0.2, 0.25) is 11.8 Å². The first-order valence-corrected chi connectivity index (χ1v) is 37.2. The van der Waals surface area contributed by atoms with Gasteiger partial charge in [-0.05, 0) is 44.9 Å². The van der Waals surface area contributed by atoms with Crippen LogP contribution in [0.15, 0.2) is 24.3 Å². The summed E-state index contributed by atoms with van der Waals surface area (Å²) in [6.45, 7) is 2.16. The van der Waals surface area contributed by atoms with Gasteiger partial charge in [0, 0.05) is 19.8 Å². The Morgan fingerprint density at radius 2 is 0.989 bits per heavy atom. The van der Waals surface area contributed by atoms with Gasteiger partial charge in [-0.3, -0.25) is 9.59 Å². The number of carbonyl (C=O) groups is 3. The quantitative estimate of drug-likeness (QED) is 0.0202. The zero-order chi connectivity index (χ0) is 69.6. The van der Waals surface area contributed by atoms with Gasteiger partial charge in [0.05, 0.1) is 50.7 Å². The molecule has 0 aromatic heterocycles. The Morgan fingerprint density at radius 1 is 0.547 bits per heavy atom. The third-order valence-electron chi connectivity index (χ3n) is 18.9. The van der Waals surface area contributed by atoms with E-state index in [4.69, 9.17) is 28.4 Å². The van der Waals surface area contributed by atoms with Gasteiger partial charge in [0.15, 0.2) is 12.6 Å². The van der Waals surface area contributed by atoms with Crippen LogP contribution in [-0.4, -0.2) is 215 Å². The molecule has 23 nitrogen and oxygen atoms in total. The van der Waals surface area contributed by atoms with Gasteiger partial charge in [0.25, 0.3) is 5.79 Å². The number of ether oxygens (including phenoxy) is 6. The van der Waals surface area contributed by atoms with E-state index in [0.717, 1.165) is 77.6 Å². The van der Waals surface area contributed by atoms with Crippen LogP contribution in [0.1, 0.15) is 278 Å². The lowest BCUT2D eigenvalue weighted by molar-refractivity contribution is -0.386. The maximum Gasteiger partial charge on any atom is 0.364 e. The summed E-state index contributed by atoms with van der Waals surface area (Å²) >= 11 is 0. The summed E-state index contributed by atoms with van der Waals surface area (Å²) < 4.78 is 34.8. The summed E-state index contributed by atoms with van der Waals surface area (Å²) in [4.78, 5) is 38.6. The molecule has 556 valence electrons. The third kappa shape index (κ3) is 34.0. The summed E-state index contributed by atoms with van der Waals surface area (Å²) in [7, 11) is 0. The molecule has 0 radical (unpaired) electrons. The number of hydrogen-bond acceptors (Lipinski definition) is 20. The average Bonchev–Trinajstić information content (AvgIpc) is 0.757. The van der Waals surface area contributed by atoms with E-state index in [0.29, 0.717) is 12.8 Å². The number of amides is 2.